The van der Waals surface area contributed by atoms with Crippen molar-refractivity contribution in [1.29, 1.82) is 0 Å². The van der Waals surface area contributed by atoms with E-state index in [0.29, 0.717) is 6.42 Å². The van der Waals surface area contributed by atoms with Crippen LogP contribution in [0.4, 0.5) is 0 Å². The largest absolute Gasteiger partial charge is 0.348 e. The van der Waals surface area contributed by atoms with Gasteiger partial charge in [-0.1, -0.05) is 26.2 Å². The first-order valence-electron chi connectivity index (χ1n) is 5.10. The second-order valence-corrected chi connectivity index (χ2v) is 3.52. The van der Waals surface area contributed by atoms with Crippen LogP contribution in [0.2, 0.25) is 0 Å². The summed E-state index contributed by atoms with van der Waals surface area (Å²) in [6.07, 6.45) is 3.86. The van der Waals surface area contributed by atoms with Gasteiger partial charge < -0.3 is 11.1 Å². The van der Waals surface area contributed by atoms with E-state index in [0.717, 1.165) is 19.3 Å². The Morgan fingerprint density at radius 1 is 1.36 bits per heavy atom. The van der Waals surface area contributed by atoms with Gasteiger partial charge in [0, 0.05) is 0 Å². The standard InChI is InChI=1S/C10H20N2O2/c1-3-4-5-6-9(11)10(14)12-7-8(2)13/h9H,3-7,11H2,1-2H3,(H,12,14). The summed E-state index contributed by atoms with van der Waals surface area (Å²) in [5.41, 5.74) is 5.62. The molecule has 0 aliphatic rings. The summed E-state index contributed by atoms with van der Waals surface area (Å²) in [5.74, 6) is -0.282. The molecule has 0 rings (SSSR count). The van der Waals surface area contributed by atoms with Crippen LogP contribution in [0.15, 0.2) is 0 Å². The van der Waals surface area contributed by atoms with Crippen LogP contribution in [0.3, 0.4) is 0 Å². The number of nitrogens with one attached hydrogen (secondary N) is 1. The molecule has 0 radical (unpaired) electrons. The zero-order valence-corrected chi connectivity index (χ0v) is 9.01. The number of ketones is 1. The minimum Gasteiger partial charge on any atom is -0.348 e. The molecule has 0 saturated heterocycles. The Morgan fingerprint density at radius 2 is 2.00 bits per heavy atom. The molecule has 0 aliphatic heterocycles. The number of Topliss-reactive ketones (excluding diaryl/α,β-unsaturated/α-hetero) is 1. The van der Waals surface area contributed by atoms with Crippen molar-refractivity contribution >= 4 is 11.7 Å². The van der Waals surface area contributed by atoms with Crippen LogP contribution in [0.5, 0.6) is 0 Å². The van der Waals surface area contributed by atoms with Gasteiger partial charge in [-0.05, 0) is 13.3 Å². The molecule has 0 spiro atoms. The number of carbonyl (C=O) groups excluding carboxylic acids is 2. The van der Waals surface area contributed by atoms with Gasteiger partial charge in [0.15, 0.2) is 0 Å². The molecule has 3 N–H and O–H groups in total. The fourth-order valence-electron chi connectivity index (χ4n) is 1.09. The van der Waals surface area contributed by atoms with Crippen LogP contribution >= 0.6 is 0 Å². The highest BCUT2D eigenvalue weighted by atomic mass is 16.2. The Balaban J connectivity index is 3.59. The lowest BCUT2D eigenvalue weighted by Gasteiger charge is -2.10. The maximum absolute atomic E-state index is 11.3. The van der Waals surface area contributed by atoms with E-state index in [1.54, 1.807) is 0 Å². The zero-order valence-electron chi connectivity index (χ0n) is 9.01. The predicted molar refractivity (Wildman–Crippen MR) is 55.8 cm³/mol. The van der Waals surface area contributed by atoms with Crippen LogP contribution in [-0.2, 0) is 9.59 Å². The summed E-state index contributed by atoms with van der Waals surface area (Å²) in [6.45, 7) is 3.62. The van der Waals surface area contributed by atoms with E-state index in [1.807, 2.05) is 0 Å². The highest BCUT2D eigenvalue weighted by molar-refractivity contribution is 5.87. The first kappa shape index (κ1) is 13.1. The van der Waals surface area contributed by atoms with E-state index in [-0.39, 0.29) is 18.2 Å². The van der Waals surface area contributed by atoms with Crippen LogP contribution in [0.25, 0.3) is 0 Å². The molecule has 82 valence electrons. The minimum atomic E-state index is -0.471. The quantitative estimate of drug-likeness (QED) is 0.591. The third-order valence-corrected chi connectivity index (χ3v) is 1.97. The molecule has 0 bridgehead atoms. The summed E-state index contributed by atoms with van der Waals surface area (Å²) in [5, 5.41) is 2.50. The smallest absolute Gasteiger partial charge is 0.237 e. The monoisotopic (exact) mass is 200 g/mol. The molecule has 0 aromatic carbocycles. The van der Waals surface area contributed by atoms with Crippen LogP contribution in [0, 0.1) is 0 Å². The second-order valence-electron chi connectivity index (χ2n) is 3.52. The fraction of sp³-hybridized carbons (Fsp3) is 0.800. The number of hydrogen-bond acceptors (Lipinski definition) is 3. The van der Waals surface area contributed by atoms with Gasteiger partial charge in [-0.25, -0.2) is 0 Å². The number of carbonyl (C=O) groups is 2. The Kier molecular flexibility index (Phi) is 7.02. The van der Waals surface area contributed by atoms with Crippen molar-refractivity contribution in [2.75, 3.05) is 6.54 Å². The van der Waals surface area contributed by atoms with Crippen LogP contribution in [0.1, 0.15) is 39.5 Å². The fourth-order valence-corrected chi connectivity index (χ4v) is 1.09. The third kappa shape index (κ3) is 6.60. The van der Waals surface area contributed by atoms with E-state index in [2.05, 4.69) is 12.2 Å². The van der Waals surface area contributed by atoms with Crippen molar-refractivity contribution in [3.05, 3.63) is 0 Å². The SMILES string of the molecule is CCCCCC(N)C(=O)NCC(C)=O. The van der Waals surface area contributed by atoms with Crippen molar-refractivity contribution in [2.45, 2.75) is 45.6 Å². The molecule has 0 fully saturated rings. The average Bonchev–Trinajstić information content (AvgIpc) is 2.14. The molecule has 1 unspecified atom stereocenters. The first-order valence-corrected chi connectivity index (χ1v) is 5.10. The average molecular weight is 200 g/mol. The molecule has 0 heterocycles. The Bertz CT molecular complexity index is 193. The van der Waals surface area contributed by atoms with E-state index in [4.69, 9.17) is 5.73 Å². The zero-order chi connectivity index (χ0) is 11.0. The number of nitrogens with two attached hydrogens (primary N) is 1. The van der Waals surface area contributed by atoms with Crippen molar-refractivity contribution < 1.29 is 9.59 Å². The highest BCUT2D eigenvalue weighted by Gasteiger charge is 2.12. The van der Waals surface area contributed by atoms with Gasteiger partial charge >= 0.3 is 0 Å². The summed E-state index contributed by atoms with van der Waals surface area (Å²) < 4.78 is 0. The van der Waals surface area contributed by atoms with E-state index in [9.17, 15) is 9.59 Å². The lowest BCUT2D eigenvalue weighted by Crippen LogP contribution is -2.42. The molecule has 1 amide bonds. The van der Waals surface area contributed by atoms with Gasteiger partial charge in [-0.15, -0.1) is 0 Å². The lowest BCUT2D eigenvalue weighted by atomic mass is 10.1. The van der Waals surface area contributed by atoms with Crippen LogP contribution < -0.4 is 11.1 Å². The molecule has 1 atom stereocenters. The van der Waals surface area contributed by atoms with Crippen molar-refractivity contribution in [3.8, 4) is 0 Å². The van der Waals surface area contributed by atoms with Gasteiger partial charge in [0.2, 0.25) is 5.91 Å². The van der Waals surface area contributed by atoms with E-state index >= 15 is 0 Å². The Labute approximate surface area is 85.2 Å². The van der Waals surface area contributed by atoms with Gasteiger partial charge in [-0.2, -0.15) is 0 Å². The molecule has 0 aromatic rings. The Morgan fingerprint density at radius 3 is 2.50 bits per heavy atom. The lowest BCUT2D eigenvalue weighted by molar-refractivity contribution is -0.125. The van der Waals surface area contributed by atoms with Gasteiger partial charge in [0.05, 0.1) is 12.6 Å². The number of amides is 1. The van der Waals surface area contributed by atoms with Crippen molar-refractivity contribution in [3.63, 3.8) is 0 Å². The summed E-state index contributed by atoms with van der Waals surface area (Å²) in [4.78, 5) is 21.8. The normalized spacial score (nSPS) is 12.2. The summed E-state index contributed by atoms with van der Waals surface area (Å²) in [6, 6.07) is -0.471. The molecule has 14 heavy (non-hydrogen) atoms. The minimum absolute atomic E-state index is 0.0564. The van der Waals surface area contributed by atoms with Crippen LogP contribution in [-0.4, -0.2) is 24.3 Å². The molecule has 0 saturated carbocycles. The number of rotatable bonds is 7. The topological polar surface area (TPSA) is 72.2 Å². The maximum atomic E-state index is 11.3. The Hall–Kier alpha value is -0.900. The molecular formula is C10H20N2O2. The molecule has 4 heteroatoms. The van der Waals surface area contributed by atoms with E-state index in [1.165, 1.54) is 6.92 Å². The summed E-state index contributed by atoms with van der Waals surface area (Å²) in [7, 11) is 0. The van der Waals surface area contributed by atoms with E-state index < -0.39 is 6.04 Å². The predicted octanol–water partition coefficient (Wildman–Crippen LogP) is 0.599. The molecule has 0 aromatic heterocycles. The summed E-state index contributed by atoms with van der Waals surface area (Å²) >= 11 is 0. The van der Waals surface area contributed by atoms with Gasteiger partial charge in [-0.3, -0.25) is 9.59 Å². The first-order chi connectivity index (χ1) is 6.57. The van der Waals surface area contributed by atoms with Crippen molar-refractivity contribution in [2.24, 2.45) is 5.73 Å². The van der Waals surface area contributed by atoms with Crippen molar-refractivity contribution in [1.82, 2.24) is 5.32 Å². The second kappa shape index (κ2) is 7.50. The number of hydrogen-bond donors (Lipinski definition) is 2. The maximum Gasteiger partial charge on any atom is 0.237 e. The molecule has 4 nitrogen and oxygen atoms in total. The molecule has 0 aliphatic carbocycles. The van der Waals surface area contributed by atoms with Gasteiger partial charge in [0.1, 0.15) is 5.78 Å². The third-order valence-electron chi connectivity index (χ3n) is 1.97. The van der Waals surface area contributed by atoms with Gasteiger partial charge in [0.25, 0.3) is 0 Å². The highest BCUT2D eigenvalue weighted by Crippen LogP contribution is 2.01. The molecular weight excluding hydrogens is 180 g/mol. The number of unbranched alkanes of at least 4 members (excludes halogenated alkanes) is 2.